The third-order valence-corrected chi connectivity index (χ3v) is 10.4. The summed E-state index contributed by atoms with van der Waals surface area (Å²) in [6.07, 6.45) is 0. The van der Waals surface area contributed by atoms with Crippen molar-refractivity contribution in [2.45, 2.75) is 0 Å². The van der Waals surface area contributed by atoms with Gasteiger partial charge in [0.05, 0.1) is 0 Å². The molecule has 0 aliphatic carbocycles. The molecule has 0 aliphatic rings. The van der Waals surface area contributed by atoms with Crippen molar-refractivity contribution >= 4 is 55.5 Å². The molecule has 0 heterocycles. The summed E-state index contributed by atoms with van der Waals surface area (Å²) in [5.41, 5.74) is 7.00. The molecule has 0 fully saturated rings. The van der Waals surface area contributed by atoms with Crippen molar-refractivity contribution in [1.82, 2.24) is 0 Å². The summed E-state index contributed by atoms with van der Waals surface area (Å²) in [5, 5.41) is 10.7. The fourth-order valence-corrected chi connectivity index (χ4v) is 7.65. The van der Waals surface area contributed by atoms with Gasteiger partial charge in [-0.25, -0.2) is 0 Å². The predicted octanol–water partition coefficient (Wildman–Crippen LogP) is 11.5. The Hall–Kier alpha value is -4.97. The van der Waals surface area contributed by atoms with Gasteiger partial charge in [0, 0.05) is 5.30 Å². The minimum absolute atomic E-state index is 0.896. The Balaban J connectivity index is 1.52. The van der Waals surface area contributed by atoms with Gasteiger partial charge in [0.2, 0.25) is 0 Å². The number of hydrogen-bond donors (Lipinski definition) is 0. The summed E-state index contributed by atoms with van der Waals surface area (Å²) in [4.78, 5) is 0. The molecule has 0 amide bonds. The number of hydrogen-bond acceptors (Lipinski definition) is 1. The fourth-order valence-electron chi connectivity index (χ4n) is 6.75. The van der Waals surface area contributed by atoms with Crippen LogP contribution in [-0.4, -0.2) is 13.3 Å². The summed E-state index contributed by atoms with van der Waals surface area (Å²) in [5.74, 6) is 0. The van der Waals surface area contributed by atoms with Crippen LogP contribution in [0.4, 0.5) is 0 Å². The summed E-state index contributed by atoms with van der Waals surface area (Å²) >= 11 is 0. The van der Waals surface area contributed by atoms with Crippen molar-refractivity contribution in [1.29, 1.82) is 0 Å². The van der Waals surface area contributed by atoms with E-state index < -0.39 is 7.14 Å². The normalized spacial score (nSPS) is 12.0. The molecule has 2 heteroatoms. The largest absolute Gasteiger partial charge is 0.319 e. The van der Waals surface area contributed by atoms with Gasteiger partial charge < -0.3 is 4.57 Å². The van der Waals surface area contributed by atoms with E-state index in [1.54, 1.807) is 0 Å². The lowest BCUT2D eigenvalue weighted by molar-refractivity contribution is 0.588. The van der Waals surface area contributed by atoms with Gasteiger partial charge in [0.25, 0.3) is 0 Å². The minimum Gasteiger partial charge on any atom is -0.319 e. The Labute approximate surface area is 257 Å². The molecule has 0 atom stereocenters. The van der Waals surface area contributed by atoms with Crippen LogP contribution in [-0.2, 0) is 4.57 Å². The zero-order valence-corrected chi connectivity index (χ0v) is 25.7. The van der Waals surface area contributed by atoms with E-state index in [0.29, 0.717) is 0 Å². The number of fused-ring (bicyclic) bond motifs is 4. The molecule has 0 N–H and O–H groups in total. The Kier molecular flexibility index (Phi) is 6.26. The molecular formula is C42H31OP. The Morgan fingerprint density at radius 1 is 0.364 bits per heavy atom. The van der Waals surface area contributed by atoms with E-state index in [9.17, 15) is 4.57 Å². The highest BCUT2D eigenvalue weighted by Gasteiger charge is 2.17. The lowest BCUT2D eigenvalue weighted by Gasteiger charge is -2.18. The molecule has 0 spiro atoms. The number of benzene rings is 8. The second-order valence-corrected chi connectivity index (χ2v) is 15.3. The predicted molar refractivity (Wildman–Crippen MR) is 192 cm³/mol. The Morgan fingerprint density at radius 2 is 0.750 bits per heavy atom. The zero-order chi connectivity index (χ0) is 29.8. The quantitative estimate of drug-likeness (QED) is 0.149. The molecule has 8 aromatic rings. The molecule has 8 rings (SSSR count). The summed E-state index contributed by atoms with van der Waals surface area (Å²) < 4.78 is 13.2. The van der Waals surface area contributed by atoms with Crippen LogP contribution in [0.3, 0.4) is 0 Å². The molecule has 0 unspecified atom stereocenters. The third-order valence-electron chi connectivity index (χ3n) is 8.85. The van der Waals surface area contributed by atoms with Crippen molar-refractivity contribution < 1.29 is 4.57 Å². The number of rotatable bonds is 4. The lowest BCUT2D eigenvalue weighted by atomic mass is 9.86. The molecular weight excluding hydrogens is 551 g/mol. The van der Waals surface area contributed by atoms with Crippen LogP contribution in [0.1, 0.15) is 0 Å². The Bertz CT molecular complexity index is 2200. The first kappa shape index (κ1) is 26.6. The van der Waals surface area contributed by atoms with Gasteiger partial charge in [-0.2, -0.15) is 0 Å². The van der Waals surface area contributed by atoms with Gasteiger partial charge in [0.1, 0.15) is 7.14 Å². The first-order valence-corrected chi connectivity index (χ1v) is 17.7. The smallest absolute Gasteiger partial charge is 0.109 e. The van der Waals surface area contributed by atoms with Gasteiger partial charge in [-0.1, -0.05) is 115 Å². The summed E-state index contributed by atoms with van der Waals surface area (Å²) in [6.45, 7) is 3.69. The van der Waals surface area contributed by atoms with Crippen molar-refractivity contribution in [3.63, 3.8) is 0 Å². The van der Waals surface area contributed by atoms with Gasteiger partial charge in [-0.15, -0.1) is 0 Å². The van der Waals surface area contributed by atoms with E-state index in [-0.39, 0.29) is 0 Å². The highest BCUT2D eigenvalue weighted by molar-refractivity contribution is 7.70. The molecule has 0 saturated carbocycles. The molecule has 0 aliphatic heterocycles. The second-order valence-electron chi connectivity index (χ2n) is 12.1. The highest BCUT2D eigenvalue weighted by Crippen LogP contribution is 2.44. The highest BCUT2D eigenvalue weighted by atomic mass is 31.2. The first-order chi connectivity index (χ1) is 21.4. The molecule has 0 aromatic heterocycles. The van der Waals surface area contributed by atoms with Crippen molar-refractivity contribution in [2.24, 2.45) is 0 Å². The van der Waals surface area contributed by atoms with Crippen LogP contribution in [0.15, 0.2) is 152 Å². The average molecular weight is 583 g/mol. The molecule has 0 saturated heterocycles. The maximum atomic E-state index is 13.2. The second kappa shape index (κ2) is 10.3. The average Bonchev–Trinajstić information content (AvgIpc) is 3.05. The molecule has 44 heavy (non-hydrogen) atoms. The summed E-state index contributed by atoms with van der Waals surface area (Å²) in [7, 11) is -2.44. The zero-order valence-electron chi connectivity index (χ0n) is 24.8. The van der Waals surface area contributed by atoms with Crippen molar-refractivity contribution in [3.8, 4) is 33.4 Å². The third kappa shape index (κ3) is 4.53. The van der Waals surface area contributed by atoms with Crippen molar-refractivity contribution in [3.05, 3.63) is 152 Å². The van der Waals surface area contributed by atoms with Crippen LogP contribution in [0, 0.1) is 0 Å². The Morgan fingerprint density at radius 3 is 1.16 bits per heavy atom. The van der Waals surface area contributed by atoms with Gasteiger partial charge in [-0.05, 0) is 126 Å². The molecule has 1 nitrogen and oxygen atoms in total. The van der Waals surface area contributed by atoms with Crippen LogP contribution in [0.5, 0.6) is 0 Å². The molecule has 8 aromatic carbocycles. The van der Waals surface area contributed by atoms with E-state index in [0.717, 1.165) is 16.4 Å². The van der Waals surface area contributed by atoms with Gasteiger partial charge >= 0.3 is 0 Å². The van der Waals surface area contributed by atoms with Crippen LogP contribution in [0.2, 0.25) is 0 Å². The van der Waals surface area contributed by atoms with E-state index in [2.05, 4.69) is 140 Å². The van der Waals surface area contributed by atoms with E-state index >= 15 is 0 Å². The van der Waals surface area contributed by atoms with E-state index in [1.165, 1.54) is 65.3 Å². The van der Waals surface area contributed by atoms with Crippen LogP contribution < -0.4 is 5.30 Å². The maximum Gasteiger partial charge on any atom is 0.109 e. The first-order valence-electron chi connectivity index (χ1n) is 15.1. The van der Waals surface area contributed by atoms with Gasteiger partial charge in [-0.3, -0.25) is 0 Å². The topological polar surface area (TPSA) is 17.1 Å². The van der Waals surface area contributed by atoms with Crippen molar-refractivity contribution in [2.75, 3.05) is 13.3 Å². The van der Waals surface area contributed by atoms with E-state index in [1.807, 2.05) is 25.5 Å². The summed E-state index contributed by atoms with van der Waals surface area (Å²) in [6, 6.07) is 54.7. The lowest BCUT2D eigenvalue weighted by Crippen LogP contribution is -2.02. The van der Waals surface area contributed by atoms with Crippen LogP contribution >= 0.6 is 7.14 Å². The standard InChI is InChI=1S/C42H31OP/c1-44(2,43)36-17-11-16-28(27-36)33-24-34(41-37-18-7-3-12-29(37)22-30-13-4-8-19-38(30)41)26-35(25-33)42-39-20-9-5-14-31(39)23-32-15-6-10-21-40(32)42/h3-27H,1-2H3. The molecule has 210 valence electrons. The molecule has 0 bridgehead atoms. The SMILES string of the molecule is CP(C)(=O)c1cccc(-c2cc(-c3c4ccccc4cc4ccccc34)cc(-c3c4ccccc4cc4ccccc34)c2)c1. The monoisotopic (exact) mass is 582 g/mol. The van der Waals surface area contributed by atoms with Crippen LogP contribution in [0.25, 0.3) is 76.5 Å². The maximum absolute atomic E-state index is 13.2. The van der Waals surface area contributed by atoms with E-state index in [4.69, 9.17) is 0 Å². The molecule has 0 radical (unpaired) electrons. The minimum atomic E-state index is -2.44. The fraction of sp³-hybridized carbons (Fsp3) is 0.0476. The van der Waals surface area contributed by atoms with Gasteiger partial charge in [0.15, 0.2) is 0 Å².